The third-order valence-electron chi connectivity index (χ3n) is 3.07. The van der Waals surface area contributed by atoms with Gasteiger partial charge in [-0.05, 0) is 5.56 Å². The number of carbonyl (C=O) groups is 1. The van der Waals surface area contributed by atoms with E-state index in [1.807, 2.05) is 30.3 Å². The Labute approximate surface area is 137 Å². The van der Waals surface area contributed by atoms with E-state index in [0.717, 1.165) is 5.56 Å². The minimum Gasteiger partial charge on any atom is -0.473 e. The lowest BCUT2D eigenvalue weighted by Gasteiger charge is -2.06. The van der Waals surface area contributed by atoms with Gasteiger partial charge in [-0.25, -0.2) is 9.97 Å². The highest BCUT2D eigenvalue weighted by Crippen LogP contribution is 2.10. The molecule has 0 aliphatic rings. The van der Waals surface area contributed by atoms with Crippen LogP contribution < -0.4 is 10.1 Å². The number of hydrogen-bond acceptors (Lipinski definition) is 7. The number of hydrogen-bond donors (Lipinski definition) is 1. The molecule has 3 rings (SSSR count). The fraction of sp³-hybridized carbons (Fsp3) is 0.188. The first-order valence-electron chi connectivity index (χ1n) is 7.26. The molecule has 24 heavy (non-hydrogen) atoms. The predicted molar refractivity (Wildman–Crippen MR) is 83.0 cm³/mol. The van der Waals surface area contributed by atoms with Gasteiger partial charge in [0.1, 0.15) is 18.6 Å². The van der Waals surface area contributed by atoms with Gasteiger partial charge in [0.15, 0.2) is 0 Å². The summed E-state index contributed by atoms with van der Waals surface area (Å²) in [5.74, 6) is 0.721. The molecule has 0 saturated carbocycles. The molecule has 3 aromatic rings. The lowest BCUT2D eigenvalue weighted by molar-refractivity contribution is 0.0941. The van der Waals surface area contributed by atoms with Crippen LogP contribution in [0.1, 0.15) is 27.8 Å². The molecule has 0 unspecified atom stereocenters. The van der Waals surface area contributed by atoms with Crippen LogP contribution in [0.5, 0.6) is 5.88 Å². The lowest BCUT2D eigenvalue weighted by Crippen LogP contribution is -2.24. The smallest absolute Gasteiger partial charge is 0.270 e. The van der Waals surface area contributed by atoms with Crippen molar-refractivity contribution in [3.05, 3.63) is 65.8 Å². The number of aromatic nitrogens is 4. The Balaban J connectivity index is 1.58. The summed E-state index contributed by atoms with van der Waals surface area (Å²) in [6.45, 7) is 2.17. The van der Waals surface area contributed by atoms with E-state index in [2.05, 4.69) is 25.5 Å². The molecule has 0 aliphatic heterocycles. The molecule has 122 valence electrons. The molecule has 0 fully saturated rings. The molecule has 0 atom stereocenters. The average molecular weight is 325 g/mol. The van der Waals surface area contributed by atoms with E-state index in [0.29, 0.717) is 24.3 Å². The first kappa shape index (κ1) is 15.6. The minimum absolute atomic E-state index is 0.129. The number of nitrogens with zero attached hydrogens (tertiary/aromatic N) is 4. The van der Waals surface area contributed by atoms with Gasteiger partial charge in [-0.3, -0.25) is 4.79 Å². The van der Waals surface area contributed by atoms with Crippen LogP contribution in [0, 0.1) is 6.92 Å². The van der Waals surface area contributed by atoms with Gasteiger partial charge in [-0.2, -0.15) is 0 Å². The molecule has 0 bridgehead atoms. The molecular weight excluding hydrogens is 310 g/mol. The van der Waals surface area contributed by atoms with Crippen LogP contribution >= 0.6 is 0 Å². The summed E-state index contributed by atoms with van der Waals surface area (Å²) in [5.41, 5.74) is 1.21. The van der Waals surface area contributed by atoms with Gasteiger partial charge in [-0.15, -0.1) is 10.2 Å². The molecule has 1 N–H and O–H groups in total. The standard InChI is InChI=1S/C16H15N5O3/c1-11-20-21-15(24-11)8-17-16(22)13-7-14(19-10-18-13)23-9-12-5-3-2-4-6-12/h2-7,10H,8-9H2,1H3,(H,17,22). The normalized spacial score (nSPS) is 10.4. The van der Waals surface area contributed by atoms with Gasteiger partial charge in [0, 0.05) is 13.0 Å². The van der Waals surface area contributed by atoms with Crippen molar-refractivity contribution in [1.29, 1.82) is 0 Å². The highest BCUT2D eigenvalue weighted by Gasteiger charge is 2.11. The molecule has 8 nitrogen and oxygen atoms in total. The second-order valence-electron chi connectivity index (χ2n) is 4.91. The van der Waals surface area contributed by atoms with E-state index in [1.54, 1.807) is 6.92 Å². The highest BCUT2D eigenvalue weighted by atomic mass is 16.5. The van der Waals surface area contributed by atoms with Crippen molar-refractivity contribution in [2.75, 3.05) is 0 Å². The number of rotatable bonds is 6. The van der Waals surface area contributed by atoms with Gasteiger partial charge < -0.3 is 14.5 Å². The summed E-state index contributed by atoms with van der Waals surface area (Å²) in [4.78, 5) is 20.1. The zero-order chi connectivity index (χ0) is 16.8. The van der Waals surface area contributed by atoms with E-state index in [-0.39, 0.29) is 18.1 Å². The zero-order valence-corrected chi connectivity index (χ0v) is 13.0. The van der Waals surface area contributed by atoms with Gasteiger partial charge >= 0.3 is 0 Å². The Morgan fingerprint density at radius 2 is 2.04 bits per heavy atom. The maximum absolute atomic E-state index is 12.1. The molecule has 0 spiro atoms. The van der Waals surface area contributed by atoms with Crippen LogP contribution in [0.15, 0.2) is 47.1 Å². The van der Waals surface area contributed by atoms with Gasteiger partial charge in [0.05, 0.1) is 6.54 Å². The second kappa shape index (κ2) is 7.32. The van der Waals surface area contributed by atoms with E-state index in [9.17, 15) is 4.79 Å². The summed E-state index contributed by atoms with van der Waals surface area (Å²) < 4.78 is 10.8. The molecule has 2 aromatic heterocycles. The van der Waals surface area contributed by atoms with Gasteiger partial charge in [-0.1, -0.05) is 30.3 Å². The minimum atomic E-state index is -0.377. The van der Waals surface area contributed by atoms with Crippen LogP contribution in [0.3, 0.4) is 0 Å². The Hall–Kier alpha value is -3.29. The first-order valence-corrected chi connectivity index (χ1v) is 7.26. The molecule has 8 heteroatoms. The zero-order valence-electron chi connectivity index (χ0n) is 13.0. The van der Waals surface area contributed by atoms with Crippen LogP contribution in [-0.4, -0.2) is 26.1 Å². The van der Waals surface area contributed by atoms with E-state index < -0.39 is 0 Å². The fourth-order valence-corrected chi connectivity index (χ4v) is 1.93. The Kier molecular flexibility index (Phi) is 4.76. The quantitative estimate of drug-likeness (QED) is 0.735. The Bertz CT molecular complexity index is 819. The second-order valence-corrected chi connectivity index (χ2v) is 4.91. The lowest BCUT2D eigenvalue weighted by atomic mass is 10.2. The van der Waals surface area contributed by atoms with E-state index >= 15 is 0 Å². The third kappa shape index (κ3) is 4.13. The molecule has 0 radical (unpaired) electrons. The van der Waals surface area contributed by atoms with Crippen LogP contribution in [0.4, 0.5) is 0 Å². The molecule has 0 saturated heterocycles. The third-order valence-corrected chi connectivity index (χ3v) is 3.07. The number of ether oxygens (including phenoxy) is 1. The molecular formula is C16H15N5O3. The van der Waals surface area contributed by atoms with Gasteiger partial charge in [0.25, 0.3) is 5.91 Å². The van der Waals surface area contributed by atoms with Crippen molar-refractivity contribution in [3.63, 3.8) is 0 Å². The number of amides is 1. The first-order chi connectivity index (χ1) is 11.7. The molecule has 0 aliphatic carbocycles. The largest absolute Gasteiger partial charge is 0.473 e. The van der Waals surface area contributed by atoms with Crippen molar-refractivity contribution in [1.82, 2.24) is 25.5 Å². The average Bonchev–Trinajstić information content (AvgIpc) is 3.04. The Morgan fingerprint density at radius 3 is 2.79 bits per heavy atom. The number of carbonyl (C=O) groups excluding carboxylic acids is 1. The van der Waals surface area contributed by atoms with Crippen LogP contribution in [0.25, 0.3) is 0 Å². The summed E-state index contributed by atoms with van der Waals surface area (Å²) >= 11 is 0. The van der Waals surface area contributed by atoms with Crippen LogP contribution in [-0.2, 0) is 13.2 Å². The summed E-state index contributed by atoms with van der Waals surface area (Å²) in [6, 6.07) is 11.2. The Morgan fingerprint density at radius 1 is 1.21 bits per heavy atom. The number of nitrogens with one attached hydrogen (secondary N) is 1. The van der Waals surface area contributed by atoms with Gasteiger partial charge in [0.2, 0.25) is 17.7 Å². The van der Waals surface area contributed by atoms with E-state index in [1.165, 1.54) is 12.4 Å². The fourth-order valence-electron chi connectivity index (χ4n) is 1.93. The van der Waals surface area contributed by atoms with Crippen molar-refractivity contribution < 1.29 is 13.9 Å². The summed E-state index contributed by atoms with van der Waals surface area (Å²) in [7, 11) is 0. The van der Waals surface area contributed by atoms with Crippen molar-refractivity contribution in [2.24, 2.45) is 0 Å². The molecule has 1 aromatic carbocycles. The topological polar surface area (TPSA) is 103 Å². The van der Waals surface area contributed by atoms with Crippen molar-refractivity contribution in [3.8, 4) is 5.88 Å². The number of aryl methyl sites for hydroxylation is 1. The summed E-state index contributed by atoms with van der Waals surface area (Å²) in [5, 5.41) is 10.1. The molecule has 2 heterocycles. The maximum Gasteiger partial charge on any atom is 0.270 e. The highest BCUT2D eigenvalue weighted by molar-refractivity contribution is 5.92. The van der Waals surface area contributed by atoms with Crippen molar-refractivity contribution in [2.45, 2.75) is 20.1 Å². The van der Waals surface area contributed by atoms with E-state index in [4.69, 9.17) is 9.15 Å². The maximum atomic E-state index is 12.1. The molecule has 1 amide bonds. The van der Waals surface area contributed by atoms with Crippen LogP contribution in [0.2, 0.25) is 0 Å². The number of benzene rings is 1. The predicted octanol–water partition coefficient (Wildman–Crippen LogP) is 1.68. The summed E-state index contributed by atoms with van der Waals surface area (Å²) in [6.07, 6.45) is 1.28. The SMILES string of the molecule is Cc1nnc(CNC(=O)c2cc(OCc3ccccc3)ncn2)o1. The van der Waals surface area contributed by atoms with Crippen molar-refractivity contribution >= 4 is 5.91 Å². The monoisotopic (exact) mass is 325 g/mol.